The first-order valence-electron chi connectivity index (χ1n) is 5.99. The highest BCUT2D eigenvalue weighted by Crippen LogP contribution is 2.25. The van der Waals surface area contributed by atoms with E-state index in [2.05, 4.69) is 25.9 Å². The number of nitrogens with two attached hydrogens (primary N) is 1. The van der Waals surface area contributed by atoms with Crippen LogP contribution in [0.3, 0.4) is 0 Å². The molecule has 2 heterocycles. The van der Waals surface area contributed by atoms with E-state index in [0.717, 1.165) is 11.5 Å². The van der Waals surface area contributed by atoms with Crippen molar-refractivity contribution in [2.24, 2.45) is 0 Å². The summed E-state index contributed by atoms with van der Waals surface area (Å²) in [5.41, 5.74) is 7.95. The third-order valence-corrected chi connectivity index (χ3v) is 3.79. The summed E-state index contributed by atoms with van der Waals surface area (Å²) in [5.74, 6) is 1.22. The molecule has 0 saturated carbocycles. The number of halogens is 2. The summed E-state index contributed by atoms with van der Waals surface area (Å²) >= 11 is 3.13. The maximum Gasteiger partial charge on any atom is 0.214 e. The lowest BCUT2D eigenvalue weighted by Gasteiger charge is -2.03. The van der Waals surface area contributed by atoms with Crippen molar-refractivity contribution in [2.75, 3.05) is 5.73 Å². The molecule has 2 aromatic heterocycles. The van der Waals surface area contributed by atoms with Crippen molar-refractivity contribution in [3.8, 4) is 0 Å². The average Bonchev–Trinajstić information content (AvgIpc) is 2.83. The molecule has 20 heavy (non-hydrogen) atoms. The average molecular weight is 339 g/mol. The first-order valence-corrected chi connectivity index (χ1v) is 6.78. The Balaban J connectivity index is 2.11. The van der Waals surface area contributed by atoms with Gasteiger partial charge < -0.3 is 14.7 Å². The van der Waals surface area contributed by atoms with Crippen LogP contribution in [0.2, 0.25) is 0 Å². The molecule has 5 nitrogen and oxygen atoms in total. The molecule has 3 rings (SSSR count). The van der Waals surface area contributed by atoms with Crippen molar-refractivity contribution < 1.29 is 8.81 Å². The Morgan fingerprint density at radius 2 is 2.10 bits per heavy atom. The first kappa shape index (κ1) is 13.1. The van der Waals surface area contributed by atoms with Gasteiger partial charge in [-0.15, -0.1) is 0 Å². The van der Waals surface area contributed by atoms with Gasteiger partial charge in [0.05, 0.1) is 21.2 Å². The monoisotopic (exact) mass is 338 g/mol. The Labute approximate surface area is 122 Å². The fourth-order valence-electron chi connectivity index (χ4n) is 2.05. The molecule has 104 valence electrons. The van der Waals surface area contributed by atoms with Gasteiger partial charge in [0.15, 0.2) is 0 Å². The normalized spacial score (nSPS) is 11.4. The maximum atomic E-state index is 13.7. The largest absolute Gasteiger partial charge is 0.444 e. The quantitative estimate of drug-likeness (QED) is 0.779. The van der Waals surface area contributed by atoms with Crippen LogP contribution in [0.15, 0.2) is 21.0 Å². The van der Waals surface area contributed by atoms with E-state index in [1.165, 1.54) is 6.07 Å². The van der Waals surface area contributed by atoms with Crippen LogP contribution in [0.4, 0.5) is 10.3 Å². The van der Waals surface area contributed by atoms with Gasteiger partial charge in [0.2, 0.25) is 11.8 Å². The summed E-state index contributed by atoms with van der Waals surface area (Å²) in [6.45, 7) is 4.03. The van der Waals surface area contributed by atoms with Crippen molar-refractivity contribution in [1.29, 1.82) is 0 Å². The zero-order valence-electron chi connectivity index (χ0n) is 10.9. The van der Waals surface area contributed by atoms with Crippen LogP contribution >= 0.6 is 15.9 Å². The van der Waals surface area contributed by atoms with Crippen molar-refractivity contribution in [3.63, 3.8) is 0 Å². The smallest absolute Gasteiger partial charge is 0.214 e. The first-order chi connectivity index (χ1) is 9.45. The lowest BCUT2D eigenvalue weighted by molar-refractivity contribution is 0.460. The van der Waals surface area contributed by atoms with Crippen molar-refractivity contribution in [3.05, 3.63) is 39.8 Å². The Bertz CT molecular complexity index is 789. The van der Waals surface area contributed by atoms with Crippen molar-refractivity contribution in [2.45, 2.75) is 20.4 Å². The fraction of sp³-hybridized carbons (Fsp3) is 0.231. The van der Waals surface area contributed by atoms with E-state index in [0.29, 0.717) is 33.9 Å². The van der Waals surface area contributed by atoms with Gasteiger partial charge in [0.25, 0.3) is 0 Å². The van der Waals surface area contributed by atoms with Gasteiger partial charge in [0.1, 0.15) is 18.1 Å². The summed E-state index contributed by atoms with van der Waals surface area (Å²) in [4.78, 5) is 8.51. The molecule has 0 fully saturated rings. The highest BCUT2D eigenvalue weighted by atomic mass is 79.9. The summed E-state index contributed by atoms with van der Waals surface area (Å²) in [5, 5.41) is 0. The standard InChI is InChI=1S/C13H12BrFN4O/c1-6-7(2)20-12(17-6)5-19-11-4-9(15)8(14)3-10(11)18-13(19)16/h3-4H,5H2,1-2H3,(H2,16,18). The predicted octanol–water partition coefficient (Wildman–Crippen LogP) is 3.17. The molecule has 3 aromatic rings. The van der Waals surface area contributed by atoms with Gasteiger partial charge in [-0.05, 0) is 35.8 Å². The molecule has 0 unspecified atom stereocenters. The number of hydrogen-bond acceptors (Lipinski definition) is 4. The molecular weight excluding hydrogens is 327 g/mol. The van der Waals surface area contributed by atoms with E-state index in [4.69, 9.17) is 10.2 Å². The van der Waals surface area contributed by atoms with Gasteiger partial charge >= 0.3 is 0 Å². The van der Waals surface area contributed by atoms with E-state index in [-0.39, 0.29) is 5.82 Å². The van der Waals surface area contributed by atoms with Crippen LogP contribution in [0.5, 0.6) is 0 Å². The third-order valence-electron chi connectivity index (χ3n) is 3.19. The molecule has 0 aliphatic carbocycles. The minimum absolute atomic E-state index is 0.297. The molecule has 0 amide bonds. The molecule has 2 N–H and O–H groups in total. The number of anilines is 1. The van der Waals surface area contributed by atoms with Gasteiger partial charge in [-0.2, -0.15) is 0 Å². The second-order valence-electron chi connectivity index (χ2n) is 4.56. The molecular formula is C13H12BrFN4O. The lowest BCUT2D eigenvalue weighted by Crippen LogP contribution is -2.05. The zero-order valence-corrected chi connectivity index (χ0v) is 12.5. The number of nitrogen functional groups attached to an aromatic ring is 1. The van der Waals surface area contributed by atoms with Gasteiger partial charge in [-0.1, -0.05) is 0 Å². The highest BCUT2D eigenvalue weighted by molar-refractivity contribution is 9.10. The van der Waals surface area contributed by atoms with Gasteiger partial charge in [0, 0.05) is 6.07 Å². The molecule has 1 aromatic carbocycles. The van der Waals surface area contributed by atoms with Crippen molar-refractivity contribution >= 4 is 32.9 Å². The summed E-state index contributed by atoms with van der Waals surface area (Å²) < 4.78 is 21.2. The van der Waals surface area contributed by atoms with Gasteiger partial charge in [-0.25, -0.2) is 14.4 Å². The zero-order chi connectivity index (χ0) is 14.4. The van der Waals surface area contributed by atoms with Crippen molar-refractivity contribution in [1.82, 2.24) is 14.5 Å². The van der Waals surface area contributed by atoms with E-state index in [9.17, 15) is 4.39 Å². The second kappa shape index (κ2) is 4.59. The summed E-state index contributed by atoms with van der Waals surface area (Å²) in [6.07, 6.45) is 0. The number of hydrogen-bond donors (Lipinski definition) is 1. The number of imidazole rings is 1. The van der Waals surface area contributed by atoms with E-state index in [1.54, 1.807) is 10.6 Å². The van der Waals surface area contributed by atoms with Crippen LogP contribution in [0.1, 0.15) is 17.3 Å². The second-order valence-corrected chi connectivity index (χ2v) is 5.41. The topological polar surface area (TPSA) is 69.9 Å². The van der Waals surface area contributed by atoms with Crippen LogP contribution in [0.25, 0.3) is 11.0 Å². The number of oxazole rings is 1. The minimum atomic E-state index is -0.363. The summed E-state index contributed by atoms with van der Waals surface area (Å²) in [6, 6.07) is 3.00. The Hall–Kier alpha value is -1.89. The molecule has 0 atom stereocenters. The molecule has 0 aliphatic heterocycles. The van der Waals surface area contributed by atoms with E-state index < -0.39 is 0 Å². The predicted molar refractivity (Wildman–Crippen MR) is 76.9 cm³/mol. The highest BCUT2D eigenvalue weighted by Gasteiger charge is 2.14. The number of aryl methyl sites for hydroxylation is 2. The van der Waals surface area contributed by atoms with Crippen LogP contribution in [0, 0.1) is 19.7 Å². The minimum Gasteiger partial charge on any atom is -0.444 e. The molecule has 0 aliphatic rings. The van der Waals surface area contributed by atoms with Gasteiger partial charge in [-0.3, -0.25) is 0 Å². The summed E-state index contributed by atoms with van der Waals surface area (Å²) in [7, 11) is 0. The van der Waals surface area contributed by atoms with E-state index >= 15 is 0 Å². The number of benzene rings is 1. The number of fused-ring (bicyclic) bond motifs is 1. The third kappa shape index (κ3) is 2.07. The van der Waals surface area contributed by atoms with E-state index in [1.807, 2.05) is 13.8 Å². The Kier molecular flexibility index (Phi) is 3.01. The molecule has 0 spiro atoms. The molecule has 0 saturated heterocycles. The Morgan fingerprint density at radius 3 is 2.75 bits per heavy atom. The molecule has 0 bridgehead atoms. The SMILES string of the molecule is Cc1nc(Cn2c(N)nc3cc(Br)c(F)cc32)oc1C. The maximum absolute atomic E-state index is 13.7. The Morgan fingerprint density at radius 1 is 1.35 bits per heavy atom. The molecule has 7 heteroatoms. The number of aromatic nitrogens is 3. The molecule has 0 radical (unpaired) electrons. The lowest BCUT2D eigenvalue weighted by atomic mass is 10.3. The van der Waals surface area contributed by atoms with Crippen LogP contribution in [-0.2, 0) is 6.54 Å². The van der Waals surface area contributed by atoms with Crippen LogP contribution in [-0.4, -0.2) is 14.5 Å². The number of nitrogens with zero attached hydrogens (tertiary/aromatic N) is 3. The van der Waals surface area contributed by atoms with Crippen LogP contribution < -0.4 is 5.73 Å². The number of rotatable bonds is 2. The fourth-order valence-corrected chi connectivity index (χ4v) is 2.38.